The Kier molecular flexibility index (Phi) is 2.64. The highest BCUT2D eigenvalue weighted by molar-refractivity contribution is 5.99. The molecule has 0 spiro atoms. The first-order valence-electron chi connectivity index (χ1n) is 3.77. The summed E-state index contributed by atoms with van der Waals surface area (Å²) in [7, 11) is 0. The Balaban J connectivity index is 2.96. The van der Waals surface area contributed by atoms with Crippen LogP contribution in [0.15, 0.2) is 29.6 Å². The van der Waals surface area contributed by atoms with Crippen LogP contribution in [0, 0.1) is 6.92 Å². The molecule has 0 atom stereocenters. The molecule has 13 heavy (non-hydrogen) atoms. The van der Waals surface area contributed by atoms with Crippen molar-refractivity contribution in [1.29, 1.82) is 0 Å². The van der Waals surface area contributed by atoms with E-state index in [1.54, 1.807) is 13.0 Å². The second-order valence-corrected chi connectivity index (χ2v) is 2.55. The van der Waals surface area contributed by atoms with Crippen molar-refractivity contribution < 1.29 is 4.79 Å². The third-order valence-electron chi connectivity index (χ3n) is 1.56. The number of aryl methyl sites for hydroxylation is 1. The van der Waals surface area contributed by atoms with Crippen molar-refractivity contribution in [2.24, 2.45) is 0 Å². The fourth-order valence-electron chi connectivity index (χ4n) is 0.897. The van der Waals surface area contributed by atoms with E-state index < -0.39 is 0 Å². The molecule has 1 amide bonds. The first kappa shape index (κ1) is 9.25. The number of amides is 1. The third kappa shape index (κ3) is 2.30. The number of aromatic nitrogens is 1. The van der Waals surface area contributed by atoms with Crippen molar-refractivity contribution in [1.82, 2.24) is 4.98 Å². The predicted octanol–water partition coefficient (Wildman–Crippen LogP) is 0.808. The average molecular weight is 178 g/mol. The zero-order valence-electron chi connectivity index (χ0n) is 7.26. The Hall–Kier alpha value is -1.84. The Labute approximate surface area is 75.3 Å². The topological polar surface area (TPSA) is 62.0 Å². The maximum absolute atomic E-state index is 10.9. The summed E-state index contributed by atoms with van der Waals surface area (Å²) >= 11 is 0. The molecular weight excluding hydrogens is 168 g/mol. The van der Waals surface area contributed by atoms with Gasteiger partial charge in [-0.1, -0.05) is 6.58 Å². The zero-order valence-corrected chi connectivity index (χ0v) is 7.26. The van der Waals surface area contributed by atoms with Crippen LogP contribution in [0.4, 0.5) is 5.69 Å². The lowest BCUT2D eigenvalue weighted by molar-refractivity contribution is -0.111. The summed E-state index contributed by atoms with van der Waals surface area (Å²) in [5.74, 6) is -0.296. The third-order valence-corrected chi connectivity index (χ3v) is 1.56. The molecule has 1 aromatic heterocycles. The second kappa shape index (κ2) is 3.71. The van der Waals surface area contributed by atoms with Crippen molar-refractivity contribution in [3.63, 3.8) is 0 Å². The quantitative estimate of drug-likeness (QED) is 0.658. The second-order valence-electron chi connectivity index (χ2n) is 2.55. The lowest BCUT2D eigenvalue weighted by Crippen LogP contribution is -2.12. The fraction of sp³-hybridized carbons (Fsp3) is 0.111. The molecule has 0 aliphatic rings. The summed E-state index contributed by atoms with van der Waals surface area (Å²) in [5, 5.41) is 2.56. The van der Waals surface area contributed by atoms with Crippen LogP contribution in [0.3, 0.4) is 0 Å². The predicted molar refractivity (Wildman–Crippen MR) is 50.6 cm³/mol. The van der Waals surface area contributed by atoms with E-state index in [4.69, 9.17) is 0 Å². The van der Waals surface area contributed by atoms with Crippen molar-refractivity contribution >= 4 is 11.6 Å². The van der Waals surface area contributed by atoms with Crippen LogP contribution in [-0.4, -0.2) is 10.9 Å². The Morgan fingerprint density at radius 2 is 2.31 bits per heavy atom. The first-order chi connectivity index (χ1) is 6.13. The minimum absolute atomic E-state index is 0.186. The molecule has 68 valence electrons. The molecule has 0 unspecified atom stereocenters. The van der Waals surface area contributed by atoms with Crippen LogP contribution < -0.4 is 10.9 Å². The van der Waals surface area contributed by atoms with Crippen LogP contribution in [0.5, 0.6) is 0 Å². The van der Waals surface area contributed by atoms with Gasteiger partial charge in [0.15, 0.2) is 0 Å². The Morgan fingerprint density at radius 3 is 2.85 bits per heavy atom. The maximum atomic E-state index is 10.9. The van der Waals surface area contributed by atoms with Gasteiger partial charge in [-0.15, -0.1) is 0 Å². The van der Waals surface area contributed by atoms with Crippen LogP contribution in [0.2, 0.25) is 0 Å². The van der Waals surface area contributed by atoms with E-state index in [0.29, 0.717) is 11.4 Å². The number of rotatable bonds is 2. The molecule has 1 aromatic rings. The normalized spacial score (nSPS) is 9.31. The molecule has 0 aliphatic carbocycles. The molecule has 0 radical (unpaired) electrons. The van der Waals surface area contributed by atoms with E-state index in [1.807, 2.05) is 0 Å². The maximum Gasteiger partial charge on any atom is 0.248 e. The van der Waals surface area contributed by atoms with E-state index in [0.717, 1.165) is 0 Å². The summed E-state index contributed by atoms with van der Waals surface area (Å²) in [6.45, 7) is 5.03. The van der Waals surface area contributed by atoms with Gasteiger partial charge in [0.1, 0.15) is 0 Å². The summed E-state index contributed by atoms with van der Waals surface area (Å²) in [6, 6.07) is 2.90. The number of pyridine rings is 1. The molecule has 4 heteroatoms. The minimum Gasteiger partial charge on any atom is -0.324 e. The SMILES string of the molecule is C=CC(=O)Nc1ccc(=O)[nH]c1C. The highest BCUT2D eigenvalue weighted by atomic mass is 16.1. The lowest BCUT2D eigenvalue weighted by atomic mass is 10.3. The van der Waals surface area contributed by atoms with Gasteiger partial charge in [0.05, 0.1) is 5.69 Å². The molecule has 0 aliphatic heterocycles. The summed E-state index contributed by atoms with van der Waals surface area (Å²) in [5.41, 5.74) is 1.03. The van der Waals surface area contributed by atoms with Gasteiger partial charge in [0.25, 0.3) is 0 Å². The van der Waals surface area contributed by atoms with Crippen molar-refractivity contribution in [3.8, 4) is 0 Å². The molecule has 1 heterocycles. The standard InChI is InChI=1S/C9H10N2O2/c1-3-8(12)11-7-4-5-9(13)10-6(7)2/h3-5H,1H2,2H3,(H,10,13)(H,11,12). The van der Waals surface area contributed by atoms with E-state index >= 15 is 0 Å². The van der Waals surface area contributed by atoms with Crippen LogP contribution in [0.25, 0.3) is 0 Å². The summed E-state index contributed by atoms with van der Waals surface area (Å²) < 4.78 is 0. The molecule has 0 saturated carbocycles. The highest BCUT2D eigenvalue weighted by Gasteiger charge is 2.00. The van der Waals surface area contributed by atoms with Gasteiger partial charge in [-0.3, -0.25) is 9.59 Å². The number of H-pyrrole nitrogens is 1. The Morgan fingerprint density at radius 1 is 1.62 bits per heavy atom. The molecular formula is C9H10N2O2. The van der Waals surface area contributed by atoms with Crippen molar-refractivity contribution in [3.05, 3.63) is 40.8 Å². The van der Waals surface area contributed by atoms with Gasteiger partial charge in [-0.05, 0) is 19.1 Å². The van der Waals surface area contributed by atoms with Gasteiger partial charge < -0.3 is 10.3 Å². The zero-order chi connectivity index (χ0) is 9.84. The molecule has 0 fully saturated rings. The number of anilines is 1. The van der Waals surface area contributed by atoms with E-state index in [2.05, 4.69) is 16.9 Å². The van der Waals surface area contributed by atoms with Crippen LogP contribution in [-0.2, 0) is 4.79 Å². The largest absolute Gasteiger partial charge is 0.324 e. The molecule has 1 rings (SSSR count). The highest BCUT2D eigenvalue weighted by Crippen LogP contribution is 2.07. The lowest BCUT2D eigenvalue weighted by Gasteiger charge is -2.04. The number of carbonyl (C=O) groups is 1. The first-order valence-corrected chi connectivity index (χ1v) is 3.77. The number of aromatic amines is 1. The molecule has 2 N–H and O–H groups in total. The summed E-state index contributed by atoms with van der Waals surface area (Å²) in [4.78, 5) is 24.3. The molecule has 0 saturated heterocycles. The summed E-state index contributed by atoms with van der Waals surface area (Å²) in [6.07, 6.45) is 1.17. The van der Waals surface area contributed by atoms with Gasteiger partial charge in [-0.2, -0.15) is 0 Å². The van der Waals surface area contributed by atoms with Crippen LogP contribution in [0.1, 0.15) is 5.69 Å². The van der Waals surface area contributed by atoms with E-state index in [1.165, 1.54) is 12.1 Å². The minimum atomic E-state index is -0.296. The number of hydrogen-bond acceptors (Lipinski definition) is 2. The van der Waals surface area contributed by atoms with Crippen molar-refractivity contribution in [2.75, 3.05) is 5.32 Å². The van der Waals surface area contributed by atoms with E-state index in [-0.39, 0.29) is 11.5 Å². The average Bonchev–Trinajstić information content (AvgIpc) is 2.09. The smallest absolute Gasteiger partial charge is 0.248 e. The number of hydrogen-bond donors (Lipinski definition) is 2. The molecule has 0 bridgehead atoms. The fourth-order valence-corrected chi connectivity index (χ4v) is 0.897. The van der Waals surface area contributed by atoms with Crippen LogP contribution >= 0.6 is 0 Å². The van der Waals surface area contributed by atoms with Gasteiger partial charge in [0.2, 0.25) is 11.5 Å². The Bertz CT molecular complexity index is 393. The number of carbonyl (C=O) groups excluding carboxylic acids is 1. The molecule has 0 aromatic carbocycles. The van der Waals surface area contributed by atoms with Crippen molar-refractivity contribution in [2.45, 2.75) is 6.92 Å². The van der Waals surface area contributed by atoms with Gasteiger partial charge in [-0.25, -0.2) is 0 Å². The van der Waals surface area contributed by atoms with Gasteiger partial charge >= 0.3 is 0 Å². The monoisotopic (exact) mass is 178 g/mol. The molecule has 4 nitrogen and oxygen atoms in total. The van der Waals surface area contributed by atoms with Gasteiger partial charge in [0, 0.05) is 11.8 Å². The number of nitrogens with one attached hydrogen (secondary N) is 2. The van der Waals surface area contributed by atoms with E-state index in [9.17, 15) is 9.59 Å².